The summed E-state index contributed by atoms with van der Waals surface area (Å²) < 4.78 is 40.4. The van der Waals surface area contributed by atoms with Crippen molar-refractivity contribution in [2.45, 2.75) is 19.1 Å². The van der Waals surface area contributed by atoms with Crippen LogP contribution in [0.4, 0.5) is 24.7 Å². The molecule has 8 nitrogen and oxygen atoms in total. The van der Waals surface area contributed by atoms with Crippen molar-refractivity contribution in [3.63, 3.8) is 0 Å². The molecule has 0 aliphatic carbocycles. The second kappa shape index (κ2) is 7.47. The van der Waals surface area contributed by atoms with E-state index < -0.39 is 11.7 Å². The molecule has 0 saturated heterocycles. The number of carbonyl (C=O) groups is 1. The molecule has 0 bridgehead atoms. The minimum atomic E-state index is -4.44. The summed E-state index contributed by atoms with van der Waals surface area (Å²) in [5.74, 6) is 0.576. The van der Waals surface area contributed by atoms with E-state index in [1.54, 1.807) is 35.4 Å². The highest BCUT2D eigenvalue weighted by molar-refractivity contribution is 6.09. The number of anilines is 2. The fraction of sp³-hybridized carbons (Fsp3) is 0.182. The number of alkyl halides is 3. The fourth-order valence-corrected chi connectivity index (χ4v) is 3.86. The normalized spacial score (nSPS) is 16.2. The van der Waals surface area contributed by atoms with E-state index in [4.69, 9.17) is 5.73 Å². The van der Waals surface area contributed by atoms with E-state index in [9.17, 15) is 18.0 Å². The molecule has 1 amide bonds. The van der Waals surface area contributed by atoms with Crippen molar-refractivity contribution in [2.75, 3.05) is 17.2 Å². The number of halogens is 3. The predicted molar refractivity (Wildman–Crippen MR) is 115 cm³/mol. The van der Waals surface area contributed by atoms with E-state index in [-0.39, 0.29) is 18.5 Å². The first kappa shape index (κ1) is 20.7. The van der Waals surface area contributed by atoms with Crippen LogP contribution >= 0.6 is 0 Å². The number of imidazole rings is 1. The topological polar surface area (TPSA) is 106 Å². The molecule has 0 spiro atoms. The highest BCUT2D eigenvalue weighted by atomic mass is 19.4. The molecular formula is C22H18F3N7O. The molecule has 0 fully saturated rings. The number of aromatic nitrogens is 5. The van der Waals surface area contributed by atoms with Gasteiger partial charge in [-0.2, -0.15) is 18.3 Å². The molecule has 11 heteroatoms. The summed E-state index contributed by atoms with van der Waals surface area (Å²) in [6.07, 6.45) is 0.381. The number of nitrogens with zero attached hydrogens (tertiary/aromatic N) is 5. The molecular weight excluding hydrogens is 435 g/mol. The maximum absolute atomic E-state index is 13.4. The van der Waals surface area contributed by atoms with Gasteiger partial charge in [0.2, 0.25) is 0 Å². The van der Waals surface area contributed by atoms with Gasteiger partial charge in [-0.1, -0.05) is 0 Å². The molecule has 3 aromatic heterocycles. The number of H-pyrrole nitrogens is 1. The monoisotopic (exact) mass is 453 g/mol. The fourth-order valence-electron chi connectivity index (χ4n) is 3.86. The number of hydrogen-bond acceptors (Lipinski definition) is 5. The average molecular weight is 453 g/mol. The molecule has 33 heavy (non-hydrogen) atoms. The number of nitrogen functional groups attached to an aromatic ring is 1. The Kier molecular flexibility index (Phi) is 4.69. The van der Waals surface area contributed by atoms with Gasteiger partial charge in [0.15, 0.2) is 0 Å². The first-order valence-corrected chi connectivity index (χ1v) is 10.1. The third kappa shape index (κ3) is 3.60. The number of pyridine rings is 1. The number of amides is 1. The summed E-state index contributed by atoms with van der Waals surface area (Å²) in [7, 11) is 0. The summed E-state index contributed by atoms with van der Waals surface area (Å²) in [5.41, 5.74) is 7.33. The summed E-state index contributed by atoms with van der Waals surface area (Å²) >= 11 is 0. The molecule has 1 atom stereocenters. The molecule has 5 rings (SSSR count). The Bertz CT molecular complexity index is 1320. The van der Waals surface area contributed by atoms with Crippen molar-refractivity contribution in [1.29, 1.82) is 0 Å². The number of rotatable bonds is 3. The number of nitrogens with one attached hydrogen (secondary N) is 1. The van der Waals surface area contributed by atoms with E-state index in [0.717, 1.165) is 17.7 Å². The number of hydrogen-bond donors (Lipinski definition) is 2. The zero-order chi connectivity index (χ0) is 23.3. The van der Waals surface area contributed by atoms with Crippen LogP contribution in [0.3, 0.4) is 0 Å². The van der Waals surface area contributed by atoms with Crippen LogP contribution in [0.25, 0.3) is 22.6 Å². The smallest absolute Gasteiger partial charge is 0.384 e. The predicted octanol–water partition coefficient (Wildman–Crippen LogP) is 4.16. The lowest BCUT2D eigenvalue weighted by Crippen LogP contribution is -2.42. The Hall–Kier alpha value is -4.15. The van der Waals surface area contributed by atoms with Gasteiger partial charge >= 0.3 is 6.18 Å². The lowest BCUT2D eigenvalue weighted by Gasteiger charge is -2.32. The van der Waals surface area contributed by atoms with Crippen molar-refractivity contribution in [3.8, 4) is 22.6 Å². The van der Waals surface area contributed by atoms with Crippen molar-refractivity contribution < 1.29 is 18.0 Å². The molecule has 0 saturated carbocycles. The Morgan fingerprint density at radius 3 is 2.55 bits per heavy atom. The molecule has 1 aliphatic heterocycles. The van der Waals surface area contributed by atoms with Gasteiger partial charge in [-0.05, 0) is 43.3 Å². The molecule has 168 valence electrons. The van der Waals surface area contributed by atoms with Gasteiger partial charge in [-0.3, -0.25) is 9.48 Å². The van der Waals surface area contributed by atoms with Crippen LogP contribution in [-0.4, -0.2) is 37.2 Å². The first-order chi connectivity index (χ1) is 15.7. The van der Waals surface area contributed by atoms with Crippen LogP contribution in [0.5, 0.6) is 0 Å². The first-order valence-electron chi connectivity index (χ1n) is 10.1. The van der Waals surface area contributed by atoms with Crippen LogP contribution in [0, 0.1) is 0 Å². The van der Waals surface area contributed by atoms with Crippen molar-refractivity contribution >= 4 is 17.4 Å². The Morgan fingerprint density at radius 1 is 1.12 bits per heavy atom. The maximum Gasteiger partial charge on any atom is 0.416 e. The van der Waals surface area contributed by atoms with Gasteiger partial charge in [-0.25, -0.2) is 9.97 Å². The number of benzene rings is 1. The summed E-state index contributed by atoms with van der Waals surface area (Å²) in [5, 5.41) is 4.37. The summed E-state index contributed by atoms with van der Waals surface area (Å²) in [4.78, 5) is 26.5. The van der Waals surface area contributed by atoms with Crippen molar-refractivity contribution in [3.05, 3.63) is 66.2 Å². The van der Waals surface area contributed by atoms with Gasteiger partial charge in [0.05, 0.1) is 29.1 Å². The summed E-state index contributed by atoms with van der Waals surface area (Å²) in [6.45, 7) is 2.17. The van der Waals surface area contributed by atoms with E-state index in [0.29, 0.717) is 34.3 Å². The minimum Gasteiger partial charge on any atom is -0.384 e. The lowest BCUT2D eigenvalue weighted by molar-refractivity contribution is -0.137. The maximum atomic E-state index is 13.4. The summed E-state index contributed by atoms with van der Waals surface area (Å²) in [6, 6.07) is 7.81. The van der Waals surface area contributed by atoms with Gasteiger partial charge in [0.1, 0.15) is 17.3 Å². The molecule has 4 heterocycles. The Labute approximate surface area is 185 Å². The highest BCUT2D eigenvalue weighted by Gasteiger charge is 2.35. The second-order valence-corrected chi connectivity index (χ2v) is 7.77. The number of aromatic amines is 1. The van der Waals surface area contributed by atoms with Crippen molar-refractivity contribution in [1.82, 2.24) is 24.7 Å². The van der Waals surface area contributed by atoms with Gasteiger partial charge in [-0.15, -0.1) is 0 Å². The molecule has 1 aromatic carbocycles. The van der Waals surface area contributed by atoms with E-state index in [1.807, 2.05) is 6.92 Å². The van der Waals surface area contributed by atoms with Crippen LogP contribution in [0.1, 0.15) is 29.0 Å². The SMILES string of the molecule is CC1CN(c2ccc(C(F)(F)F)cc2)C(=O)c2c(-c3c[nH]c(-c4ccc(N)nc4)n3)cnn21. The van der Waals surface area contributed by atoms with Crippen molar-refractivity contribution in [2.24, 2.45) is 0 Å². The number of fused-ring (bicyclic) bond motifs is 1. The molecule has 1 unspecified atom stereocenters. The Morgan fingerprint density at radius 2 is 1.88 bits per heavy atom. The quantitative estimate of drug-likeness (QED) is 0.485. The average Bonchev–Trinajstić information content (AvgIpc) is 3.44. The van der Waals surface area contributed by atoms with Crippen LogP contribution in [0.2, 0.25) is 0 Å². The Balaban J connectivity index is 1.50. The van der Waals surface area contributed by atoms with E-state index in [2.05, 4.69) is 20.1 Å². The highest BCUT2D eigenvalue weighted by Crippen LogP contribution is 2.35. The number of carbonyl (C=O) groups excluding carboxylic acids is 1. The number of nitrogens with two attached hydrogens (primary N) is 1. The lowest BCUT2D eigenvalue weighted by atomic mass is 10.1. The van der Waals surface area contributed by atoms with Crippen LogP contribution in [0.15, 0.2) is 55.0 Å². The van der Waals surface area contributed by atoms with Gasteiger partial charge < -0.3 is 15.6 Å². The zero-order valence-electron chi connectivity index (χ0n) is 17.3. The molecule has 4 aromatic rings. The van der Waals surface area contributed by atoms with E-state index in [1.165, 1.54) is 17.0 Å². The third-order valence-electron chi connectivity index (χ3n) is 5.53. The second-order valence-electron chi connectivity index (χ2n) is 7.77. The molecule has 3 N–H and O–H groups in total. The van der Waals surface area contributed by atoms with Gasteiger partial charge in [0.25, 0.3) is 5.91 Å². The third-order valence-corrected chi connectivity index (χ3v) is 5.53. The van der Waals surface area contributed by atoms with E-state index >= 15 is 0 Å². The zero-order valence-corrected chi connectivity index (χ0v) is 17.3. The molecule has 1 aliphatic rings. The standard InChI is InChI=1S/C22H18F3N7O/c1-12-11-31(15-5-3-14(4-6-15)22(23,24)25)21(33)19-16(9-29-32(12)19)17-10-28-20(30-17)13-2-7-18(26)27-8-13/h2-10,12H,11H2,1H3,(H2,26,27)(H,28,30). The van der Waals surface area contributed by atoms with Gasteiger partial charge in [0, 0.05) is 30.2 Å². The van der Waals surface area contributed by atoms with Crippen LogP contribution < -0.4 is 10.6 Å². The molecule has 0 radical (unpaired) electrons. The minimum absolute atomic E-state index is 0.187. The largest absolute Gasteiger partial charge is 0.416 e. The van der Waals surface area contributed by atoms with Crippen LogP contribution in [-0.2, 0) is 6.18 Å².